The molecule has 0 aliphatic carbocycles. The number of aromatic nitrogens is 3. The number of nitrogens with zero attached hydrogens (tertiary/aromatic N) is 3. The molecule has 48 heteroatoms. The number of halogens is 23. The standard InChI is InChI=1S/C25H18F8N2O6.C23H16F7N3O6.C22H13F8N3O5/c1-11(2)39-23(37)16-9-15(14(26)10-34-16)35-22(36)20-18(7-5-13(21(20)27)24(28,29)30)40-17-6-4-12(8-19(17)38-3)41-25(31,32)33;1-36-17-7-10(39-23(28,29)30)3-5-15(17)38-16-6-4-11(22(25,26)27)19(37-2)18(16)21(35)33-13-8-14(20(31)34)32-9-12(13)24;1-36-16-6-9(38-22(28,29)30)2-4-14(16)37-15-5-3-10(21(25,26)27)18(24)17(15)20(35)33-12-7-13(19(31)34)32-8-11(12)23/h4-11H,1-3H3,(H,34,35,36);3-9H,1-2H3,(H2,31,34)(H,32,33,35);2-8H,1H3,(H2,31,34)(H,32,33,35). The van der Waals surface area contributed by atoms with Crippen molar-refractivity contribution >= 4 is 52.6 Å². The lowest BCUT2D eigenvalue weighted by molar-refractivity contribution is -0.275. The number of nitrogens with one attached hydrogen (secondary N) is 3. The molecule has 118 heavy (non-hydrogen) atoms. The minimum Gasteiger partial charge on any atom is -0.495 e. The number of pyridine rings is 3. The molecule has 0 aliphatic rings. The van der Waals surface area contributed by atoms with Gasteiger partial charge in [0.05, 0.1) is 86.9 Å². The SMILES string of the molecule is COc1cc(OC(F)(F)F)ccc1Oc1ccc(C(F)(F)F)c(F)c1C(=O)Nc1cc(C(=O)OC(C)C)ncc1F.COc1cc(OC(F)(F)F)ccc1Oc1ccc(C(F)(F)F)c(F)c1C(=O)Nc1cc(C(N)=O)ncc1F.COc1cc(OC(F)(F)F)ccc1Oc1ccc(C(F)(F)F)c(OC)c1C(=O)Nc1cc(C(N)=O)ncc1F. The lowest BCUT2D eigenvalue weighted by atomic mass is 10.1. The quantitative estimate of drug-likeness (QED) is 0.0293. The molecule has 5 amide bonds. The fourth-order valence-electron chi connectivity index (χ4n) is 9.40. The van der Waals surface area contributed by atoms with E-state index in [1.54, 1.807) is 5.32 Å². The molecule has 9 aromatic rings. The third-order valence-corrected chi connectivity index (χ3v) is 14.3. The lowest BCUT2D eigenvalue weighted by Crippen LogP contribution is -2.20. The van der Waals surface area contributed by atoms with Gasteiger partial charge in [-0.15, -0.1) is 39.5 Å². The van der Waals surface area contributed by atoms with Gasteiger partial charge in [-0.25, -0.2) is 41.7 Å². The smallest absolute Gasteiger partial charge is 0.495 e. The predicted octanol–water partition coefficient (Wildman–Crippen LogP) is 17.6. The first-order valence-electron chi connectivity index (χ1n) is 31.4. The zero-order valence-corrected chi connectivity index (χ0v) is 59.3. The van der Waals surface area contributed by atoms with E-state index >= 15 is 8.78 Å². The predicted molar refractivity (Wildman–Crippen MR) is 354 cm³/mol. The molecule has 0 atom stereocenters. The Hall–Kier alpha value is -14.0. The summed E-state index contributed by atoms with van der Waals surface area (Å²) in [7, 11) is 3.90. The van der Waals surface area contributed by atoms with E-state index in [-0.39, 0.29) is 23.6 Å². The Bertz CT molecular complexity index is 5280. The van der Waals surface area contributed by atoms with Crippen molar-refractivity contribution in [3.8, 4) is 74.7 Å². The van der Waals surface area contributed by atoms with Crippen molar-refractivity contribution in [2.45, 2.75) is 57.6 Å². The van der Waals surface area contributed by atoms with E-state index < -0.39 is 239 Å². The second-order valence-corrected chi connectivity index (χ2v) is 22.7. The number of primary amides is 2. The van der Waals surface area contributed by atoms with Gasteiger partial charge in [0.2, 0.25) is 0 Å². The van der Waals surface area contributed by atoms with Crippen molar-refractivity contribution in [1.82, 2.24) is 15.0 Å². The lowest BCUT2D eigenvalue weighted by Gasteiger charge is -2.20. The summed E-state index contributed by atoms with van der Waals surface area (Å²) in [6.45, 7) is 3.02. The van der Waals surface area contributed by atoms with Crippen LogP contribution in [0, 0.1) is 29.1 Å². The van der Waals surface area contributed by atoms with Gasteiger partial charge in [0.25, 0.3) is 29.5 Å². The van der Waals surface area contributed by atoms with Gasteiger partial charge in [0.15, 0.2) is 69.3 Å². The Morgan fingerprint density at radius 2 is 0.636 bits per heavy atom. The van der Waals surface area contributed by atoms with Crippen LogP contribution in [0.15, 0.2) is 128 Å². The number of ether oxygens (including phenoxy) is 11. The molecule has 7 N–H and O–H groups in total. The number of alkyl halides is 18. The summed E-state index contributed by atoms with van der Waals surface area (Å²) in [5.74, 6) is -23.8. The topological polar surface area (TPSA) is 331 Å². The Morgan fingerprint density at radius 1 is 0.356 bits per heavy atom. The molecule has 0 aliphatic heterocycles. The highest BCUT2D eigenvalue weighted by Gasteiger charge is 2.42. The monoisotopic (exact) mass is 1710 g/mol. The Labute approximate surface area is 643 Å². The number of benzene rings is 6. The third kappa shape index (κ3) is 24.0. The Morgan fingerprint density at radius 3 is 0.915 bits per heavy atom. The van der Waals surface area contributed by atoms with Crippen molar-refractivity contribution in [3.63, 3.8) is 0 Å². The first-order chi connectivity index (χ1) is 54.7. The van der Waals surface area contributed by atoms with E-state index in [0.29, 0.717) is 61.1 Å². The minimum atomic E-state index is -5.28. The van der Waals surface area contributed by atoms with Crippen LogP contribution >= 0.6 is 0 Å². The molecule has 0 spiro atoms. The largest absolute Gasteiger partial charge is 0.573 e. The number of hydrogen-bond acceptors (Lipinski definition) is 20. The second kappa shape index (κ2) is 36.6. The van der Waals surface area contributed by atoms with E-state index in [1.807, 2.05) is 10.6 Å². The summed E-state index contributed by atoms with van der Waals surface area (Å²) in [5, 5.41) is 5.66. The fourth-order valence-corrected chi connectivity index (χ4v) is 9.40. The maximum atomic E-state index is 15.2. The summed E-state index contributed by atoms with van der Waals surface area (Å²) in [5.41, 5.74) is -2.38. The number of carbonyl (C=O) groups excluding carboxylic acids is 6. The summed E-state index contributed by atoms with van der Waals surface area (Å²) in [6.07, 6.45) is -29.8. The number of rotatable bonds is 23. The molecule has 9 rings (SSSR count). The molecule has 0 saturated carbocycles. The van der Waals surface area contributed by atoms with Gasteiger partial charge in [-0.2, -0.15) is 39.5 Å². The third-order valence-electron chi connectivity index (χ3n) is 14.3. The van der Waals surface area contributed by atoms with E-state index in [1.165, 1.54) is 13.8 Å². The molecule has 3 aromatic heterocycles. The molecule has 0 bridgehead atoms. The first kappa shape index (κ1) is 91.2. The maximum absolute atomic E-state index is 15.2. The van der Waals surface area contributed by atoms with E-state index in [4.69, 9.17) is 49.4 Å². The van der Waals surface area contributed by atoms with E-state index in [2.05, 4.69) is 29.2 Å². The highest BCUT2D eigenvalue weighted by molar-refractivity contribution is 6.10. The number of nitrogens with two attached hydrogens (primary N) is 2. The van der Waals surface area contributed by atoms with Crippen LogP contribution in [0.25, 0.3) is 0 Å². The van der Waals surface area contributed by atoms with Crippen molar-refractivity contribution in [2.75, 3.05) is 44.4 Å². The van der Waals surface area contributed by atoms with Crippen LogP contribution in [0.2, 0.25) is 0 Å². The summed E-state index contributed by atoms with van der Waals surface area (Å²) >= 11 is 0. The van der Waals surface area contributed by atoms with Crippen LogP contribution in [0.5, 0.6) is 74.7 Å². The van der Waals surface area contributed by atoms with Gasteiger partial charge in [0, 0.05) is 18.2 Å². The van der Waals surface area contributed by atoms with Crippen LogP contribution in [0.1, 0.15) is 93.1 Å². The summed E-state index contributed by atoms with van der Waals surface area (Å²) in [6, 6.07) is 12.2. The van der Waals surface area contributed by atoms with Gasteiger partial charge < -0.3 is 79.5 Å². The number of esters is 1. The summed E-state index contributed by atoms with van der Waals surface area (Å²) in [4.78, 5) is 84.1. The average molecular weight is 1710 g/mol. The zero-order chi connectivity index (χ0) is 88.2. The molecular formula is C70H47F23N8O17. The van der Waals surface area contributed by atoms with Crippen molar-refractivity contribution < 1.29 is 182 Å². The number of amides is 5. The van der Waals surface area contributed by atoms with Crippen LogP contribution in [0.4, 0.5) is 118 Å². The molecule has 0 unspecified atom stereocenters. The van der Waals surface area contributed by atoms with Crippen LogP contribution in [-0.2, 0) is 23.3 Å². The van der Waals surface area contributed by atoms with Gasteiger partial charge in [-0.3, -0.25) is 24.0 Å². The highest BCUT2D eigenvalue weighted by Crippen LogP contribution is 2.48. The number of hydrogen-bond donors (Lipinski definition) is 5. The Balaban J connectivity index is 0.000000245. The van der Waals surface area contributed by atoms with Crippen molar-refractivity contribution in [3.05, 3.63) is 207 Å². The van der Waals surface area contributed by atoms with E-state index in [0.717, 1.165) is 83.0 Å². The molecule has 3 heterocycles. The van der Waals surface area contributed by atoms with Gasteiger partial charge in [-0.1, -0.05) is 0 Å². The maximum Gasteiger partial charge on any atom is 0.573 e. The van der Waals surface area contributed by atoms with Gasteiger partial charge in [0.1, 0.15) is 68.3 Å². The molecule has 0 fully saturated rings. The van der Waals surface area contributed by atoms with Crippen molar-refractivity contribution in [1.29, 1.82) is 0 Å². The summed E-state index contributed by atoms with van der Waals surface area (Å²) < 4.78 is 359. The molecule has 0 saturated heterocycles. The molecule has 630 valence electrons. The normalized spacial score (nSPS) is 11.6. The fraction of sp³-hybridized carbons (Fsp3) is 0.186. The second-order valence-electron chi connectivity index (χ2n) is 22.7. The molecule has 6 aromatic carbocycles. The molecule has 0 radical (unpaired) electrons. The van der Waals surface area contributed by atoms with Crippen LogP contribution in [-0.4, -0.2) is 104 Å². The molecular weight excluding hydrogens is 1660 g/mol. The Kier molecular flexibility index (Phi) is 28.3. The number of anilines is 3. The van der Waals surface area contributed by atoms with Crippen molar-refractivity contribution in [2.24, 2.45) is 11.5 Å². The average Bonchev–Trinajstić information content (AvgIpc) is 0.784. The van der Waals surface area contributed by atoms with Gasteiger partial charge >= 0.3 is 43.6 Å². The minimum absolute atomic E-state index is 0.243. The van der Waals surface area contributed by atoms with E-state index in [9.17, 15) is 121 Å². The van der Waals surface area contributed by atoms with Crippen LogP contribution < -0.4 is 74.8 Å². The van der Waals surface area contributed by atoms with Gasteiger partial charge in [-0.05, 0) is 105 Å². The zero-order valence-electron chi connectivity index (χ0n) is 59.3. The highest BCUT2D eigenvalue weighted by atomic mass is 19.4. The first-order valence-corrected chi connectivity index (χ1v) is 31.4. The molecule has 25 nitrogen and oxygen atoms in total. The number of methoxy groups -OCH3 is 4. The number of carbonyl (C=O) groups is 6. The van der Waals surface area contributed by atoms with Crippen LogP contribution in [0.3, 0.4) is 0 Å².